The largest absolute Gasteiger partial charge is 0.395 e. The molecule has 2 N–H and O–H groups in total. The van der Waals surface area contributed by atoms with Crippen molar-refractivity contribution in [1.29, 1.82) is 0 Å². The molecule has 0 rings (SSSR count). The summed E-state index contributed by atoms with van der Waals surface area (Å²) in [6, 6.07) is 0. The Labute approximate surface area is 182 Å². The van der Waals surface area contributed by atoms with Gasteiger partial charge in [0.05, 0.1) is 13.2 Å². The van der Waals surface area contributed by atoms with Crippen molar-refractivity contribution in [3.05, 3.63) is 0 Å². The smallest absolute Gasteiger partial charge is 0.0558 e. The van der Waals surface area contributed by atoms with E-state index in [1.54, 1.807) is 0 Å². The lowest BCUT2D eigenvalue weighted by atomic mass is 10.0. The van der Waals surface area contributed by atoms with Crippen LogP contribution in [0.3, 0.4) is 0 Å². The molecule has 0 aromatic rings. The van der Waals surface area contributed by atoms with E-state index in [-0.39, 0.29) is 13.2 Å². The normalized spacial score (nSPS) is 11.6. The lowest BCUT2D eigenvalue weighted by molar-refractivity contribution is 0.107. The van der Waals surface area contributed by atoms with E-state index in [0.29, 0.717) is 13.1 Å². The van der Waals surface area contributed by atoms with E-state index in [1.807, 2.05) is 0 Å². The summed E-state index contributed by atoms with van der Waals surface area (Å²) in [4.78, 5) is 2.08. The third kappa shape index (κ3) is 24.0. The highest BCUT2D eigenvalue weighted by molar-refractivity contribution is 4.56. The number of nitrogens with zero attached hydrogens (tertiary/aromatic N) is 1. The van der Waals surface area contributed by atoms with Crippen molar-refractivity contribution >= 4 is 0 Å². The molecule has 0 atom stereocenters. The molecule has 0 aliphatic carbocycles. The van der Waals surface area contributed by atoms with Crippen LogP contribution in [0.15, 0.2) is 0 Å². The Bertz CT molecular complexity index is 283. The highest BCUT2D eigenvalue weighted by atomic mass is 16.5. The molecule has 29 heavy (non-hydrogen) atoms. The van der Waals surface area contributed by atoms with Crippen LogP contribution in [0.4, 0.5) is 0 Å². The first-order valence-electron chi connectivity index (χ1n) is 12.9. The van der Waals surface area contributed by atoms with Gasteiger partial charge in [0.2, 0.25) is 0 Å². The second-order valence-electron chi connectivity index (χ2n) is 8.56. The van der Waals surface area contributed by atoms with Gasteiger partial charge in [0.1, 0.15) is 0 Å². The summed E-state index contributed by atoms with van der Waals surface area (Å²) in [6.45, 7) is 6.42. The highest BCUT2D eigenvalue weighted by Gasteiger charge is 2.02. The van der Waals surface area contributed by atoms with Crippen LogP contribution in [0.25, 0.3) is 0 Å². The van der Waals surface area contributed by atoms with Crippen LogP contribution >= 0.6 is 0 Å². The van der Waals surface area contributed by atoms with Gasteiger partial charge in [-0.05, 0) is 12.8 Å². The third-order valence-electron chi connectivity index (χ3n) is 5.74. The van der Waals surface area contributed by atoms with Crippen molar-refractivity contribution in [3.63, 3.8) is 0 Å². The number of rotatable bonds is 25. The fraction of sp³-hybridized carbons (Fsp3) is 1.00. The summed E-state index contributed by atoms with van der Waals surface area (Å²) < 4.78 is 5.71. The molecule has 0 radical (unpaired) electrons. The van der Waals surface area contributed by atoms with E-state index in [0.717, 1.165) is 26.2 Å². The molecule has 0 saturated carbocycles. The van der Waals surface area contributed by atoms with Gasteiger partial charge in [-0.15, -0.1) is 0 Å². The van der Waals surface area contributed by atoms with Crippen LogP contribution in [-0.4, -0.2) is 61.2 Å². The molecule has 0 saturated heterocycles. The van der Waals surface area contributed by atoms with E-state index < -0.39 is 0 Å². The maximum atomic E-state index is 8.97. The maximum absolute atomic E-state index is 8.97. The lowest BCUT2D eigenvalue weighted by Gasteiger charge is -2.19. The minimum absolute atomic E-state index is 0.153. The Morgan fingerprint density at radius 1 is 0.483 bits per heavy atom. The molecule has 0 aromatic carbocycles. The first-order chi connectivity index (χ1) is 14.3. The molecule has 4 heteroatoms. The van der Waals surface area contributed by atoms with Crippen LogP contribution in [-0.2, 0) is 4.74 Å². The number of aliphatic hydroxyl groups is 2. The van der Waals surface area contributed by atoms with Gasteiger partial charge in [0.25, 0.3) is 0 Å². The molecule has 0 heterocycles. The van der Waals surface area contributed by atoms with E-state index >= 15 is 0 Å². The van der Waals surface area contributed by atoms with Crippen LogP contribution in [0.1, 0.15) is 116 Å². The molecule has 0 aromatic heterocycles. The fourth-order valence-corrected chi connectivity index (χ4v) is 3.86. The Morgan fingerprint density at radius 2 is 0.862 bits per heavy atom. The van der Waals surface area contributed by atoms with Crippen LogP contribution in [0.5, 0.6) is 0 Å². The molecule has 4 nitrogen and oxygen atoms in total. The van der Waals surface area contributed by atoms with E-state index in [2.05, 4.69) is 11.8 Å². The molecule has 0 amide bonds. The van der Waals surface area contributed by atoms with Gasteiger partial charge in [0, 0.05) is 32.8 Å². The number of hydrogen-bond donors (Lipinski definition) is 2. The molecule has 0 aliphatic rings. The number of ether oxygens (including phenoxy) is 1. The molecule has 0 aliphatic heterocycles. The lowest BCUT2D eigenvalue weighted by Crippen LogP contribution is -2.31. The summed E-state index contributed by atoms with van der Waals surface area (Å²) in [5.74, 6) is 0. The minimum atomic E-state index is 0.153. The van der Waals surface area contributed by atoms with Crippen molar-refractivity contribution in [2.75, 3.05) is 46.1 Å². The summed E-state index contributed by atoms with van der Waals surface area (Å²) in [6.07, 6.45) is 23.3. The summed E-state index contributed by atoms with van der Waals surface area (Å²) in [7, 11) is 0. The van der Waals surface area contributed by atoms with Crippen molar-refractivity contribution in [3.8, 4) is 0 Å². The molecule has 0 unspecified atom stereocenters. The quantitative estimate of drug-likeness (QED) is 0.181. The predicted molar refractivity (Wildman–Crippen MR) is 126 cm³/mol. The zero-order chi connectivity index (χ0) is 21.3. The molecular weight excluding hydrogens is 362 g/mol. The number of unbranched alkanes of at least 4 members (excludes halogenated alkanes) is 15. The second kappa shape index (κ2) is 25.9. The van der Waals surface area contributed by atoms with Gasteiger partial charge in [-0.25, -0.2) is 0 Å². The van der Waals surface area contributed by atoms with Crippen molar-refractivity contribution in [1.82, 2.24) is 4.90 Å². The standard InChI is InChI=1S/C25H53NO3/c1-2-3-4-5-6-7-8-9-10-11-12-13-14-15-16-17-24-29-25-18-19-26(20-22-27)21-23-28/h27-28H,2-25H2,1H3. The Balaban J connectivity index is 3.11. The van der Waals surface area contributed by atoms with Gasteiger partial charge in [0.15, 0.2) is 0 Å². The second-order valence-corrected chi connectivity index (χ2v) is 8.56. The van der Waals surface area contributed by atoms with Gasteiger partial charge in [-0.3, -0.25) is 4.90 Å². The van der Waals surface area contributed by atoms with Gasteiger partial charge < -0.3 is 14.9 Å². The van der Waals surface area contributed by atoms with Crippen molar-refractivity contribution in [2.45, 2.75) is 116 Å². The maximum Gasteiger partial charge on any atom is 0.0558 e. The summed E-state index contributed by atoms with van der Waals surface area (Å²) >= 11 is 0. The summed E-state index contributed by atoms with van der Waals surface area (Å²) in [5, 5.41) is 17.9. The van der Waals surface area contributed by atoms with E-state index in [4.69, 9.17) is 14.9 Å². The average Bonchev–Trinajstić information content (AvgIpc) is 2.72. The van der Waals surface area contributed by atoms with Crippen LogP contribution in [0, 0.1) is 0 Å². The van der Waals surface area contributed by atoms with Gasteiger partial charge in [-0.2, -0.15) is 0 Å². The molecular formula is C25H53NO3. The average molecular weight is 416 g/mol. The topological polar surface area (TPSA) is 52.9 Å². The van der Waals surface area contributed by atoms with Crippen molar-refractivity contribution in [2.24, 2.45) is 0 Å². The molecule has 0 spiro atoms. The SMILES string of the molecule is CCCCCCCCCCCCCCCCCCOCCCN(CCO)CCO. The predicted octanol–water partition coefficient (Wildman–Crippen LogP) is 5.94. The number of hydrogen-bond acceptors (Lipinski definition) is 4. The van der Waals surface area contributed by atoms with Gasteiger partial charge in [-0.1, -0.05) is 103 Å². The zero-order valence-electron chi connectivity index (χ0n) is 19.7. The Morgan fingerprint density at radius 3 is 1.28 bits per heavy atom. The van der Waals surface area contributed by atoms with E-state index in [9.17, 15) is 0 Å². The first kappa shape index (κ1) is 28.8. The Hall–Kier alpha value is -0.160. The minimum Gasteiger partial charge on any atom is -0.395 e. The van der Waals surface area contributed by atoms with E-state index in [1.165, 1.54) is 103 Å². The van der Waals surface area contributed by atoms with Crippen molar-refractivity contribution < 1.29 is 14.9 Å². The summed E-state index contributed by atoms with van der Waals surface area (Å²) in [5.41, 5.74) is 0. The first-order valence-corrected chi connectivity index (χ1v) is 12.9. The number of aliphatic hydroxyl groups excluding tert-OH is 2. The fourth-order valence-electron chi connectivity index (χ4n) is 3.86. The molecule has 0 bridgehead atoms. The zero-order valence-corrected chi connectivity index (χ0v) is 19.7. The molecule has 0 fully saturated rings. The monoisotopic (exact) mass is 415 g/mol. The highest BCUT2D eigenvalue weighted by Crippen LogP contribution is 2.13. The molecule has 176 valence electrons. The van der Waals surface area contributed by atoms with Gasteiger partial charge >= 0.3 is 0 Å². The van der Waals surface area contributed by atoms with Crippen LogP contribution in [0.2, 0.25) is 0 Å². The Kier molecular flexibility index (Phi) is 25.7. The van der Waals surface area contributed by atoms with Crippen LogP contribution < -0.4 is 0 Å². The third-order valence-corrected chi connectivity index (χ3v) is 5.74.